The van der Waals surface area contributed by atoms with E-state index in [1.807, 2.05) is 26.0 Å². The summed E-state index contributed by atoms with van der Waals surface area (Å²) in [7, 11) is 1.68. The fourth-order valence-electron chi connectivity index (χ4n) is 2.52. The van der Waals surface area contributed by atoms with E-state index >= 15 is 0 Å². The van der Waals surface area contributed by atoms with Gasteiger partial charge in [0.25, 0.3) is 0 Å². The maximum Gasteiger partial charge on any atom is 0.343 e. The van der Waals surface area contributed by atoms with Gasteiger partial charge in [0.15, 0.2) is 5.16 Å². The van der Waals surface area contributed by atoms with E-state index in [9.17, 15) is 9.59 Å². The standard InChI is InChI=1S/C21H23N5O3S/c1-14(2)24-21(28)26(3)17-8-10-18(11-9-17)29-19(27)16-6-4-15(5-7-16)12-30-20-22-13-23-25-20/h4-11,13-14H,12H2,1-3H3,(H,24,28)(H,22,23,25). The molecule has 9 heteroatoms. The average Bonchev–Trinajstić information content (AvgIpc) is 3.26. The van der Waals surface area contributed by atoms with Gasteiger partial charge in [-0.3, -0.25) is 10.00 Å². The Labute approximate surface area is 179 Å². The first-order valence-corrected chi connectivity index (χ1v) is 10.3. The Balaban J connectivity index is 1.55. The van der Waals surface area contributed by atoms with E-state index in [1.54, 1.807) is 43.4 Å². The lowest BCUT2D eigenvalue weighted by molar-refractivity contribution is 0.0734. The van der Waals surface area contributed by atoms with Crippen molar-refractivity contribution in [3.63, 3.8) is 0 Å². The maximum atomic E-state index is 12.4. The number of aromatic amines is 1. The van der Waals surface area contributed by atoms with Gasteiger partial charge >= 0.3 is 12.0 Å². The molecule has 2 aromatic carbocycles. The normalized spacial score (nSPS) is 10.7. The molecule has 156 valence electrons. The first-order valence-electron chi connectivity index (χ1n) is 9.36. The first-order chi connectivity index (χ1) is 14.4. The molecule has 1 aromatic heterocycles. The minimum Gasteiger partial charge on any atom is -0.423 e. The predicted octanol–water partition coefficient (Wildman–Crippen LogP) is 3.87. The fraction of sp³-hybridized carbons (Fsp3) is 0.238. The molecule has 0 spiro atoms. The molecule has 0 aliphatic carbocycles. The number of amides is 2. The highest BCUT2D eigenvalue weighted by atomic mass is 32.2. The number of hydrogen-bond donors (Lipinski definition) is 2. The zero-order valence-electron chi connectivity index (χ0n) is 17.0. The molecular formula is C21H23N5O3S. The summed E-state index contributed by atoms with van der Waals surface area (Å²) in [5.41, 5.74) is 2.21. The number of urea groups is 1. The van der Waals surface area contributed by atoms with Gasteiger partial charge in [0.2, 0.25) is 0 Å². The second kappa shape index (κ2) is 9.93. The molecule has 0 atom stereocenters. The Morgan fingerprint density at radius 3 is 2.43 bits per heavy atom. The van der Waals surface area contributed by atoms with Crippen LogP contribution in [0.3, 0.4) is 0 Å². The molecular weight excluding hydrogens is 402 g/mol. The van der Waals surface area contributed by atoms with Gasteiger partial charge in [-0.15, -0.1) is 0 Å². The SMILES string of the molecule is CC(C)NC(=O)N(C)c1ccc(OC(=O)c2ccc(CSc3ncn[nH]3)cc2)cc1. The van der Waals surface area contributed by atoms with Crippen LogP contribution in [0, 0.1) is 0 Å². The molecule has 0 unspecified atom stereocenters. The molecule has 8 nitrogen and oxygen atoms in total. The van der Waals surface area contributed by atoms with Gasteiger partial charge in [0.05, 0.1) is 5.56 Å². The molecule has 30 heavy (non-hydrogen) atoms. The van der Waals surface area contributed by atoms with Crippen LogP contribution in [-0.4, -0.2) is 40.3 Å². The first kappa shape index (κ1) is 21.4. The number of aromatic nitrogens is 3. The van der Waals surface area contributed by atoms with Crippen LogP contribution in [0.4, 0.5) is 10.5 Å². The molecule has 1 heterocycles. The van der Waals surface area contributed by atoms with Crippen molar-refractivity contribution >= 4 is 29.4 Å². The third-order valence-corrected chi connectivity index (χ3v) is 5.06. The van der Waals surface area contributed by atoms with Gasteiger partial charge in [0.1, 0.15) is 12.1 Å². The van der Waals surface area contributed by atoms with Crippen LogP contribution in [0.15, 0.2) is 60.0 Å². The van der Waals surface area contributed by atoms with Crippen LogP contribution in [0.2, 0.25) is 0 Å². The molecule has 0 saturated carbocycles. The second-order valence-corrected chi connectivity index (χ2v) is 7.79. The molecule has 0 fully saturated rings. The smallest absolute Gasteiger partial charge is 0.343 e. The number of anilines is 1. The molecule has 0 radical (unpaired) electrons. The topological polar surface area (TPSA) is 100 Å². The fourth-order valence-corrected chi connectivity index (χ4v) is 3.25. The molecule has 3 rings (SSSR count). The Morgan fingerprint density at radius 2 is 1.83 bits per heavy atom. The number of benzene rings is 2. The summed E-state index contributed by atoms with van der Waals surface area (Å²) >= 11 is 1.53. The summed E-state index contributed by atoms with van der Waals surface area (Å²) < 4.78 is 5.43. The zero-order valence-corrected chi connectivity index (χ0v) is 17.8. The number of nitrogens with zero attached hydrogens (tertiary/aromatic N) is 3. The molecule has 0 saturated heterocycles. The van der Waals surface area contributed by atoms with E-state index in [-0.39, 0.29) is 12.1 Å². The Kier molecular flexibility index (Phi) is 7.08. The van der Waals surface area contributed by atoms with Crippen LogP contribution in [0.1, 0.15) is 29.8 Å². The number of ether oxygens (including phenoxy) is 1. The molecule has 0 aliphatic heterocycles. The minimum absolute atomic E-state index is 0.0484. The summed E-state index contributed by atoms with van der Waals surface area (Å²) in [4.78, 5) is 30.0. The van der Waals surface area contributed by atoms with Crippen molar-refractivity contribution < 1.29 is 14.3 Å². The van der Waals surface area contributed by atoms with Crippen LogP contribution in [0.25, 0.3) is 0 Å². The maximum absolute atomic E-state index is 12.4. The van der Waals surface area contributed by atoms with Crippen LogP contribution >= 0.6 is 11.8 Å². The van der Waals surface area contributed by atoms with Crippen molar-refractivity contribution in [2.75, 3.05) is 11.9 Å². The highest BCUT2D eigenvalue weighted by Crippen LogP contribution is 2.21. The second-order valence-electron chi connectivity index (χ2n) is 6.82. The highest BCUT2D eigenvalue weighted by molar-refractivity contribution is 7.98. The van der Waals surface area contributed by atoms with Crippen LogP contribution in [0.5, 0.6) is 5.75 Å². The number of H-pyrrole nitrogens is 1. The van der Waals surface area contributed by atoms with E-state index in [4.69, 9.17) is 4.74 Å². The lowest BCUT2D eigenvalue weighted by Gasteiger charge is -2.20. The largest absolute Gasteiger partial charge is 0.423 e. The highest BCUT2D eigenvalue weighted by Gasteiger charge is 2.13. The summed E-state index contributed by atoms with van der Waals surface area (Å²) in [6.45, 7) is 3.80. The lowest BCUT2D eigenvalue weighted by atomic mass is 10.1. The van der Waals surface area contributed by atoms with E-state index in [0.29, 0.717) is 22.8 Å². The van der Waals surface area contributed by atoms with Crippen molar-refractivity contribution in [1.29, 1.82) is 0 Å². The Morgan fingerprint density at radius 1 is 1.13 bits per heavy atom. The zero-order chi connectivity index (χ0) is 21.5. The van der Waals surface area contributed by atoms with Gasteiger partial charge in [0, 0.05) is 24.5 Å². The number of thioether (sulfide) groups is 1. The number of hydrogen-bond acceptors (Lipinski definition) is 6. The van der Waals surface area contributed by atoms with E-state index in [1.165, 1.54) is 23.0 Å². The molecule has 0 aliphatic rings. The number of carbonyl (C=O) groups excluding carboxylic acids is 2. The van der Waals surface area contributed by atoms with Gasteiger partial charge in [-0.2, -0.15) is 5.10 Å². The average molecular weight is 426 g/mol. The van der Waals surface area contributed by atoms with Gasteiger partial charge < -0.3 is 10.1 Å². The van der Waals surface area contributed by atoms with E-state index in [2.05, 4.69) is 20.5 Å². The van der Waals surface area contributed by atoms with Gasteiger partial charge in [-0.25, -0.2) is 14.6 Å². The van der Waals surface area contributed by atoms with Crippen LogP contribution in [-0.2, 0) is 5.75 Å². The van der Waals surface area contributed by atoms with Crippen molar-refractivity contribution in [1.82, 2.24) is 20.5 Å². The number of nitrogens with one attached hydrogen (secondary N) is 2. The molecule has 3 aromatic rings. The van der Waals surface area contributed by atoms with Crippen LogP contribution < -0.4 is 15.0 Å². The van der Waals surface area contributed by atoms with Crippen molar-refractivity contribution in [2.24, 2.45) is 0 Å². The van der Waals surface area contributed by atoms with Crippen molar-refractivity contribution in [3.8, 4) is 5.75 Å². The number of esters is 1. The summed E-state index contributed by atoms with van der Waals surface area (Å²) in [5.74, 6) is 0.679. The van der Waals surface area contributed by atoms with E-state index < -0.39 is 5.97 Å². The molecule has 2 N–H and O–H groups in total. The minimum atomic E-state index is -0.442. The summed E-state index contributed by atoms with van der Waals surface area (Å²) in [6, 6.07) is 13.9. The predicted molar refractivity (Wildman–Crippen MR) is 116 cm³/mol. The lowest BCUT2D eigenvalue weighted by Crippen LogP contribution is -2.40. The Hall–Kier alpha value is -3.33. The quantitative estimate of drug-likeness (QED) is 0.339. The summed E-state index contributed by atoms with van der Waals surface area (Å²) in [5, 5.41) is 10.2. The number of carbonyl (C=O) groups is 2. The van der Waals surface area contributed by atoms with Gasteiger partial charge in [-0.1, -0.05) is 23.9 Å². The van der Waals surface area contributed by atoms with Crippen molar-refractivity contribution in [2.45, 2.75) is 30.8 Å². The molecule has 2 amide bonds. The van der Waals surface area contributed by atoms with Gasteiger partial charge in [-0.05, 0) is 55.8 Å². The number of rotatable bonds is 7. The Bertz CT molecular complexity index is 973. The third-order valence-electron chi connectivity index (χ3n) is 4.11. The molecule has 0 bridgehead atoms. The van der Waals surface area contributed by atoms with E-state index in [0.717, 1.165) is 10.7 Å². The monoisotopic (exact) mass is 425 g/mol. The summed E-state index contributed by atoms with van der Waals surface area (Å²) in [6.07, 6.45) is 1.46. The third kappa shape index (κ3) is 5.84. The van der Waals surface area contributed by atoms with Crippen molar-refractivity contribution in [3.05, 3.63) is 66.0 Å².